The first-order valence-corrected chi connectivity index (χ1v) is 6.74. The molecule has 0 aliphatic carbocycles. The first-order valence-electron chi connectivity index (χ1n) is 6.74. The molecule has 0 fully saturated rings. The van der Waals surface area contributed by atoms with Gasteiger partial charge in [-0.05, 0) is 29.8 Å². The molecule has 0 aliphatic heterocycles. The van der Waals surface area contributed by atoms with Gasteiger partial charge in [0.2, 0.25) is 0 Å². The lowest BCUT2D eigenvalue weighted by Crippen LogP contribution is -2.06. The Morgan fingerprint density at radius 3 is 2.86 bits per heavy atom. The Bertz CT molecular complexity index is 814. The van der Waals surface area contributed by atoms with Gasteiger partial charge in [0, 0.05) is 13.7 Å². The Hall–Kier alpha value is -2.64. The van der Waals surface area contributed by atoms with Crippen LogP contribution in [0.2, 0.25) is 0 Å². The Morgan fingerprint density at radius 1 is 1.19 bits per heavy atom. The number of hydrogen-bond donors (Lipinski definition) is 0. The predicted molar refractivity (Wildman–Crippen MR) is 80.7 cm³/mol. The van der Waals surface area contributed by atoms with Crippen molar-refractivity contribution in [2.24, 2.45) is 0 Å². The van der Waals surface area contributed by atoms with Gasteiger partial charge in [-0.3, -0.25) is 0 Å². The summed E-state index contributed by atoms with van der Waals surface area (Å²) in [6.07, 6.45) is 0. The zero-order valence-electron chi connectivity index (χ0n) is 11.8. The molecule has 0 atom stereocenters. The van der Waals surface area contributed by atoms with Crippen LogP contribution in [0.5, 0.6) is 0 Å². The van der Waals surface area contributed by atoms with Gasteiger partial charge < -0.3 is 9.30 Å². The summed E-state index contributed by atoms with van der Waals surface area (Å²) < 4.78 is 7.38. The number of aromatic nitrogens is 2. The number of imidazole rings is 1. The molecule has 4 heteroatoms. The molecule has 0 aliphatic rings. The second-order valence-electron chi connectivity index (χ2n) is 4.85. The van der Waals surface area contributed by atoms with E-state index in [2.05, 4.69) is 21.7 Å². The molecule has 4 nitrogen and oxygen atoms in total. The number of methoxy groups -OCH3 is 1. The second kappa shape index (κ2) is 5.78. The van der Waals surface area contributed by atoms with Gasteiger partial charge >= 0.3 is 0 Å². The van der Waals surface area contributed by atoms with Gasteiger partial charge in [0.05, 0.1) is 22.7 Å². The van der Waals surface area contributed by atoms with Gasteiger partial charge in [-0.25, -0.2) is 4.98 Å². The summed E-state index contributed by atoms with van der Waals surface area (Å²) in [5.74, 6) is 0.890. The summed E-state index contributed by atoms with van der Waals surface area (Å²) in [6.45, 7) is 1.14. The molecular weight excluding hydrogens is 262 g/mol. The molecule has 21 heavy (non-hydrogen) atoms. The summed E-state index contributed by atoms with van der Waals surface area (Å²) >= 11 is 0. The van der Waals surface area contributed by atoms with E-state index in [9.17, 15) is 0 Å². The van der Waals surface area contributed by atoms with Crippen molar-refractivity contribution in [1.82, 2.24) is 9.55 Å². The molecular formula is C17H15N3O. The minimum absolute atomic E-state index is 0.465. The minimum Gasteiger partial charge on any atom is -0.377 e. The van der Waals surface area contributed by atoms with Crippen LogP contribution in [0.15, 0.2) is 48.5 Å². The third kappa shape index (κ3) is 2.64. The molecule has 1 heterocycles. The van der Waals surface area contributed by atoms with Crippen LogP contribution in [0.3, 0.4) is 0 Å². The quantitative estimate of drug-likeness (QED) is 0.736. The number of para-hydroxylation sites is 2. The van der Waals surface area contributed by atoms with Crippen molar-refractivity contribution in [2.75, 3.05) is 7.11 Å². The summed E-state index contributed by atoms with van der Waals surface area (Å²) in [6, 6.07) is 17.8. The summed E-state index contributed by atoms with van der Waals surface area (Å²) in [5.41, 5.74) is 3.78. The molecule has 3 rings (SSSR count). The predicted octanol–water partition coefficient (Wildman–Crippen LogP) is 3.10. The van der Waals surface area contributed by atoms with E-state index in [0.717, 1.165) is 22.4 Å². The maximum absolute atomic E-state index is 9.01. The molecule has 0 saturated carbocycles. The zero-order valence-corrected chi connectivity index (χ0v) is 11.8. The van der Waals surface area contributed by atoms with E-state index in [1.807, 2.05) is 42.5 Å². The van der Waals surface area contributed by atoms with E-state index in [-0.39, 0.29) is 0 Å². The lowest BCUT2D eigenvalue weighted by Gasteiger charge is -2.09. The maximum atomic E-state index is 9.01. The number of fused-ring (bicyclic) bond motifs is 1. The highest BCUT2D eigenvalue weighted by Gasteiger charge is 2.10. The number of nitriles is 1. The van der Waals surface area contributed by atoms with Crippen LogP contribution in [0, 0.1) is 11.3 Å². The van der Waals surface area contributed by atoms with Crippen molar-refractivity contribution in [1.29, 1.82) is 5.26 Å². The second-order valence-corrected chi connectivity index (χ2v) is 4.85. The molecule has 0 saturated heterocycles. The SMILES string of the molecule is COCc1nc2ccccc2n1Cc1cccc(C#N)c1. The van der Waals surface area contributed by atoms with Crippen LogP contribution in [-0.2, 0) is 17.9 Å². The Labute approximate surface area is 123 Å². The molecule has 0 amide bonds. The number of hydrogen-bond acceptors (Lipinski definition) is 3. The van der Waals surface area contributed by atoms with E-state index >= 15 is 0 Å². The largest absolute Gasteiger partial charge is 0.377 e. The van der Waals surface area contributed by atoms with Crippen LogP contribution in [0.1, 0.15) is 17.0 Å². The molecule has 0 N–H and O–H groups in total. The number of benzene rings is 2. The summed E-state index contributed by atoms with van der Waals surface area (Å²) in [5, 5.41) is 9.01. The Kier molecular flexibility index (Phi) is 3.67. The third-order valence-corrected chi connectivity index (χ3v) is 3.40. The van der Waals surface area contributed by atoms with Crippen molar-refractivity contribution >= 4 is 11.0 Å². The van der Waals surface area contributed by atoms with Crippen molar-refractivity contribution in [3.63, 3.8) is 0 Å². The van der Waals surface area contributed by atoms with Crippen LogP contribution < -0.4 is 0 Å². The molecule has 0 bridgehead atoms. The highest BCUT2D eigenvalue weighted by molar-refractivity contribution is 5.76. The van der Waals surface area contributed by atoms with Crippen LogP contribution >= 0.6 is 0 Å². The first kappa shape index (κ1) is 13.3. The van der Waals surface area contributed by atoms with Crippen molar-refractivity contribution in [2.45, 2.75) is 13.2 Å². The average Bonchev–Trinajstić information content (AvgIpc) is 2.86. The van der Waals surface area contributed by atoms with E-state index in [1.165, 1.54) is 0 Å². The molecule has 0 spiro atoms. The fraction of sp³-hybridized carbons (Fsp3) is 0.176. The summed E-state index contributed by atoms with van der Waals surface area (Å²) in [4.78, 5) is 4.61. The molecule has 0 unspecified atom stereocenters. The lowest BCUT2D eigenvalue weighted by molar-refractivity contribution is 0.175. The first-order chi connectivity index (χ1) is 10.3. The maximum Gasteiger partial charge on any atom is 0.136 e. The highest BCUT2D eigenvalue weighted by atomic mass is 16.5. The van der Waals surface area contributed by atoms with E-state index in [4.69, 9.17) is 10.00 Å². The van der Waals surface area contributed by atoms with E-state index < -0.39 is 0 Å². The van der Waals surface area contributed by atoms with Gasteiger partial charge in [0.25, 0.3) is 0 Å². The molecule has 2 aromatic carbocycles. The minimum atomic E-state index is 0.465. The topological polar surface area (TPSA) is 50.8 Å². The third-order valence-electron chi connectivity index (χ3n) is 3.40. The smallest absolute Gasteiger partial charge is 0.136 e. The zero-order chi connectivity index (χ0) is 14.7. The standard InChI is InChI=1S/C17H15N3O/c1-21-12-17-19-15-7-2-3-8-16(15)20(17)11-14-6-4-5-13(9-14)10-18/h2-9H,11-12H2,1H3. The molecule has 104 valence electrons. The lowest BCUT2D eigenvalue weighted by atomic mass is 10.1. The van der Waals surface area contributed by atoms with E-state index in [1.54, 1.807) is 7.11 Å². The van der Waals surface area contributed by atoms with Gasteiger partial charge in [-0.15, -0.1) is 0 Å². The monoisotopic (exact) mass is 277 g/mol. The van der Waals surface area contributed by atoms with Crippen LogP contribution in [0.25, 0.3) is 11.0 Å². The number of nitrogens with zero attached hydrogens (tertiary/aromatic N) is 3. The highest BCUT2D eigenvalue weighted by Crippen LogP contribution is 2.19. The molecule has 1 aromatic heterocycles. The van der Waals surface area contributed by atoms with Crippen molar-refractivity contribution < 1.29 is 4.74 Å². The Morgan fingerprint density at radius 2 is 2.05 bits per heavy atom. The van der Waals surface area contributed by atoms with Crippen molar-refractivity contribution in [3.05, 3.63) is 65.5 Å². The number of rotatable bonds is 4. The van der Waals surface area contributed by atoms with Gasteiger partial charge in [0.1, 0.15) is 12.4 Å². The summed E-state index contributed by atoms with van der Waals surface area (Å²) in [7, 11) is 1.67. The molecule has 3 aromatic rings. The fourth-order valence-electron chi connectivity index (χ4n) is 2.46. The van der Waals surface area contributed by atoms with E-state index in [0.29, 0.717) is 18.7 Å². The van der Waals surface area contributed by atoms with Gasteiger partial charge in [-0.2, -0.15) is 5.26 Å². The van der Waals surface area contributed by atoms with Crippen molar-refractivity contribution in [3.8, 4) is 6.07 Å². The molecule has 0 radical (unpaired) electrons. The van der Waals surface area contributed by atoms with Gasteiger partial charge in [-0.1, -0.05) is 24.3 Å². The average molecular weight is 277 g/mol. The fourth-order valence-corrected chi connectivity index (χ4v) is 2.46. The normalized spacial score (nSPS) is 10.7. The van der Waals surface area contributed by atoms with Crippen LogP contribution in [0.4, 0.5) is 0 Å². The van der Waals surface area contributed by atoms with Gasteiger partial charge in [0.15, 0.2) is 0 Å². The number of ether oxygens (including phenoxy) is 1. The van der Waals surface area contributed by atoms with Crippen LogP contribution in [-0.4, -0.2) is 16.7 Å². The Balaban J connectivity index is 2.06.